The molecule has 8 heteroatoms. The molecular weight excluding hydrogens is 330 g/mol. The van der Waals surface area contributed by atoms with E-state index in [9.17, 15) is 4.79 Å². The van der Waals surface area contributed by atoms with E-state index in [1.807, 2.05) is 29.8 Å². The third-order valence-corrected chi connectivity index (χ3v) is 4.60. The van der Waals surface area contributed by atoms with E-state index >= 15 is 0 Å². The lowest BCUT2D eigenvalue weighted by Crippen LogP contribution is -2.30. The van der Waals surface area contributed by atoms with Gasteiger partial charge in [-0.25, -0.2) is 14.8 Å². The maximum Gasteiger partial charge on any atom is 0.321 e. The number of nitrogens with one attached hydrogen (secondary N) is 2. The van der Waals surface area contributed by atoms with Crippen molar-refractivity contribution >= 4 is 33.8 Å². The number of carbonyl (C=O) groups excluding carboxylic acids is 1. The SMILES string of the molecule is Cc1nc(CCNC(=O)Nc2nc(-c3cccnc3)cs2)cs1. The summed E-state index contributed by atoms with van der Waals surface area (Å²) in [5, 5.41) is 11.1. The molecule has 0 aromatic carbocycles. The van der Waals surface area contributed by atoms with E-state index in [1.165, 1.54) is 11.3 Å². The molecule has 0 saturated carbocycles. The number of hydrogen-bond acceptors (Lipinski definition) is 6. The van der Waals surface area contributed by atoms with E-state index in [0.717, 1.165) is 28.4 Å². The first-order valence-corrected chi connectivity index (χ1v) is 8.78. The Kier molecular flexibility index (Phi) is 4.94. The fraction of sp³-hybridized carbons (Fsp3) is 0.200. The van der Waals surface area contributed by atoms with Crippen molar-refractivity contribution in [2.45, 2.75) is 13.3 Å². The average molecular weight is 345 g/mol. The Balaban J connectivity index is 1.49. The second-order valence-corrected chi connectivity index (χ2v) is 6.69. The lowest BCUT2D eigenvalue weighted by molar-refractivity contribution is 0.252. The molecule has 118 valence electrons. The first-order valence-electron chi connectivity index (χ1n) is 7.02. The molecule has 0 bridgehead atoms. The van der Waals surface area contributed by atoms with Crippen molar-refractivity contribution in [2.75, 3.05) is 11.9 Å². The molecule has 3 heterocycles. The van der Waals surface area contributed by atoms with Gasteiger partial charge < -0.3 is 5.32 Å². The van der Waals surface area contributed by atoms with Crippen LogP contribution >= 0.6 is 22.7 Å². The molecule has 2 N–H and O–H groups in total. The average Bonchev–Trinajstić information content (AvgIpc) is 3.17. The number of aryl methyl sites for hydroxylation is 1. The highest BCUT2D eigenvalue weighted by Gasteiger charge is 2.08. The van der Waals surface area contributed by atoms with Crippen LogP contribution in [0.4, 0.5) is 9.93 Å². The molecule has 0 aliphatic rings. The number of amides is 2. The third kappa shape index (κ3) is 4.33. The summed E-state index contributed by atoms with van der Waals surface area (Å²) < 4.78 is 0. The van der Waals surface area contributed by atoms with Gasteiger partial charge in [0.25, 0.3) is 0 Å². The zero-order chi connectivity index (χ0) is 16.1. The van der Waals surface area contributed by atoms with Crippen LogP contribution in [0, 0.1) is 6.92 Å². The number of thiazole rings is 2. The number of hydrogen-bond donors (Lipinski definition) is 2. The monoisotopic (exact) mass is 345 g/mol. The van der Waals surface area contributed by atoms with Gasteiger partial charge >= 0.3 is 6.03 Å². The van der Waals surface area contributed by atoms with Gasteiger partial charge in [0.2, 0.25) is 0 Å². The Morgan fingerprint density at radius 2 is 2.17 bits per heavy atom. The van der Waals surface area contributed by atoms with E-state index in [-0.39, 0.29) is 6.03 Å². The maximum absolute atomic E-state index is 11.9. The third-order valence-electron chi connectivity index (χ3n) is 3.02. The van der Waals surface area contributed by atoms with Crippen molar-refractivity contribution in [3.05, 3.63) is 46.0 Å². The molecule has 0 aliphatic heterocycles. The van der Waals surface area contributed by atoms with Crippen LogP contribution in [0.3, 0.4) is 0 Å². The van der Waals surface area contributed by atoms with E-state index in [1.54, 1.807) is 23.7 Å². The lowest BCUT2D eigenvalue weighted by Gasteiger charge is -2.04. The van der Waals surface area contributed by atoms with Gasteiger partial charge in [-0.15, -0.1) is 22.7 Å². The van der Waals surface area contributed by atoms with E-state index in [2.05, 4.69) is 25.6 Å². The summed E-state index contributed by atoms with van der Waals surface area (Å²) in [7, 11) is 0. The molecule has 0 atom stereocenters. The minimum atomic E-state index is -0.260. The van der Waals surface area contributed by atoms with Crippen LogP contribution in [0.5, 0.6) is 0 Å². The second-order valence-electron chi connectivity index (χ2n) is 4.77. The van der Waals surface area contributed by atoms with Crippen molar-refractivity contribution < 1.29 is 4.79 Å². The fourth-order valence-corrected chi connectivity index (χ4v) is 3.31. The molecule has 0 unspecified atom stereocenters. The number of nitrogens with zero attached hydrogens (tertiary/aromatic N) is 3. The molecule has 0 aliphatic carbocycles. The highest BCUT2D eigenvalue weighted by molar-refractivity contribution is 7.14. The maximum atomic E-state index is 11.9. The van der Waals surface area contributed by atoms with Crippen molar-refractivity contribution in [3.8, 4) is 11.3 Å². The summed E-state index contributed by atoms with van der Waals surface area (Å²) in [4.78, 5) is 24.7. The lowest BCUT2D eigenvalue weighted by atomic mass is 10.2. The first kappa shape index (κ1) is 15.6. The van der Waals surface area contributed by atoms with Crippen LogP contribution in [0.25, 0.3) is 11.3 Å². The van der Waals surface area contributed by atoms with Gasteiger partial charge in [-0.05, 0) is 19.1 Å². The summed E-state index contributed by atoms with van der Waals surface area (Å²) in [6.07, 6.45) is 4.18. The Morgan fingerprint density at radius 1 is 1.26 bits per heavy atom. The Hall–Kier alpha value is -2.32. The van der Waals surface area contributed by atoms with Gasteiger partial charge in [-0.3, -0.25) is 10.3 Å². The van der Waals surface area contributed by atoms with Crippen molar-refractivity contribution in [3.63, 3.8) is 0 Å². The number of rotatable bonds is 5. The minimum absolute atomic E-state index is 0.260. The number of pyridine rings is 1. The van der Waals surface area contributed by atoms with Crippen LogP contribution < -0.4 is 10.6 Å². The summed E-state index contributed by atoms with van der Waals surface area (Å²) in [5.41, 5.74) is 2.73. The molecule has 3 rings (SSSR count). The van der Waals surface area contributed by atoms with Crippen molar-refractivity contribution in [1.29, 1.82) is 0 Å². The quantitative estimate of drug-likeness (QED) is 0.743. The largest absolute Gasteiger partial charge is 0.337 e. The molecule has 2 amide bonds. The van der Waals surface area contributed by atoms with Gasteiger partial charge in [0.05, 0.1) is 16.4 Å². The van der Waals surface area contributed by atoms with E-state index in [4.69, 9.17) is 0 Å². The smallest absolute Gasteiger partial charge is 0.321 e. The summed E-state index contributed by atoms with van der Waals surface area (Å²) in [6, 6.07) is 3.53. The molecule has 0 radical (unpaired) electrons. The number of urea groups is 1. The van der Waals surface area contributed by atoms with Gasteiger partial charge in [0.1, 0.15) is 0 Å². The molecule has 3 aromatic heterocycles. The summed E-state index contributed by atoms with van der Waals surface area (Å²) >= 11 is 3.00. The van der Waals surface area contributed by atoms with Gasteiger partial charge in [-0.1, -0.05) is 0 Å². The van der Waals surface area contributed by atoms with Crippen LogP contribution in [0.1, 0.15) is 10.7 Å². The van der Waals surface area contributed by atoms with Gasteiger partial charge in [-0.2, -0.15) is 0 Å². The number of carbonyl (C=O) groups is 1. The minimum Gasteiger partial charge on any atom is -0.337 e. The molecular formula is C15H15N5OS2. The van der Waals surface area contributed by atoms with E-state index < -0.39 is 0 Å². The highest BCUT2D eigenvalue weighted by Crippen LogP contribution is 2.23. The van der Waals surface area contributed by atoms with Gasteiger partial charge in [0, 0.05) is 41.7 Å². The first-order chi connectivity index (χ1) is 11.2. The zero-order valence-electron chi connectivity index (χ0n) is 12.4. The van der Waals surface area contributed by atoms with Crippen LogP contribution in [0.2, 0.25) is 0 Å². The Morgan fingerprint density at radius 3 is 2.91 bits per heavy atom. The molecule has 0 saturated heterocycles. The molecule has 0 fully saturated rings. The van der Waals surface area contributed by atoms with Gasteiger partial charge in [0.15, 0.2) is 5.13 Å². The predicted octanol–water partition coefficient (Wildman–Crippen LogP) is 3.33. The normalized spacial score (nSPS) is 10.5. The fourth-order valence-electron chi connectivity index (χ4n) is 1.95. The Bertz CT molecular complexity index is 784. The molecule has 3 aromatic rings. The van der Waals surface area contributed by atoms with Crippen molar-refractivity contribution in [2.24, 2.45) is 0 Å². The summed E-state index contributed by atoms with van der Waals surface area (Å²) in [5.74, 6) is 0. The molecule has 6 nitrogen and oxygen atoms in total. The zero-order valence-corrected chi connectivity index (χ0v) is 14.1. The molecule has 23 heavy (non-hydrogen) atoms. The van der Waals surface area contributed by atoms with E-state index in [0.29, 0.717) is 11.7 Å². The number of anilines is 1. The van der Waals surface area contributed by atoms with Crippen LogP contribution in [0.15, 0.2) is 35.3 Å². The predicted molar refractivity (Wildman–Crippen MR) is 92.9 cm³/mol. The topological polar surface area (TPSA) is 79.8 Å². The second kappa shape index (κ2) is 7.30. The summed E-state index contributed by atoms with van der Waals surface area (Å²) in [6.45, 7) is 2.51. The molecule has 0 spiro atoms. The Labute approximate surface area is 141 Å². The highest BCUT2D eigenvalue weighted by atomic mass is 32.1. The van der Waals surface area contributed by atoms with Crippen LogP contribution in [-0.4, -0.2) is 27.5 Å². The number of aromatic nitrogens is 3. The standard InChI is InChI=1S/C15H15N5OS2/c1-10-18-12(8-22-10)4-6-17-14(21)20-15-19-13(9-23-15)11-3-2-5-16-7-11/h2-3,5,7-9H,4,6H2,1H3,(H2,17,19,20,21). The van der Waals surface area contributed by atoms with Crippen LogP contribution in [-0.2, 0) is 6.42 Å². The van der Waals surface area contributed by atoms with Crippen molar-refractivity contribution in [1.82, 2.24) is 20.3 Å².